The van der Waals surface area contributed by atoms with E-state index in [0.717, 1.165) is 6.54 Å². The first-order chi connectivity index (χ1) is 9.06. The maximum absolute atomic E-state index is 3.67. The van der Waals surface area contributed by atoms with Crippen LogP contribution in [0, 0.1) is 5.41 Å². The first kappa shape index (κ1) is 14.6. The van der Waals surface area contributed by atoms with Gasteiger partial charge in [0.1, 0.15) is 0 Å². The summed E-state index contributed by atoms with van der Waals surface area (Å²) >= 11 is 0. The molecule has 1 aliphatic carbocycles. The number of hydrogen-bond donors (Lipinski definition) is 1. The average molecular weight is 259 g/mol. The Morgan fingerprint density at radius 3 is 2.11 bits per heavy atom. The minimum Gasteiger partial charge on any atom is -0.314 e. The summed E-state index contributed by atoms with van der Waals surface area (Å²) in [4.78, 5) is 0. The van der Waals surface area contributed by atoms with E-state index in [4.69, 9.17) is 0 Å². The van der Waals surface area contributed by atoms with Crippen LogP contribution in [0.3, 0.4) is 0 Å². The highest BCUT2D eigenvalue weighted by atomic mass is 14.9. The third kappa shape index (κ3) is 2.86. The van der Waals surface area contributed by atoms with Crippen molar-refractivity contribution < 1.29 is 0 Å². The minimum atomic E-state index is 0.373. The van der Waals surface area contributed by atoms with Gasteiger partial charge >= 0.3 is 0 Å². The standard InChI is InChI=1S/C18H29N/c1-5-17(6-2)12-18(13-17,14-19-15(3)4)16-10-8-7-9-11-16/h7-11,15,19H,5-6,12-14H2,1-4H3. The van der Waals surface area contributed by atoms with Gasteiger partial charge in [0.15, 0.2) is 0 Å². The van der Waals surface area contributed by atoms with Crippen LogP contribution in [0.5, 0.6) is 0 Å². The van der Waals surface area contributed by atoms with Crippen molar-refractivity contribution >= 4 is 0 Å². The quantitative estimate of drug-likeness (QED) is 0.792. The Bertz CT molecular complexity index is 381. The molecule has 19 heavy (non-hydrogen) atoms. The molecule has 1 N–H and O–H groups in total. The molecule has 106 valence electrons. The van der Waals surface area contributed by atoms with Crippen molar-refractivity contribution in [3.8, 4) is 0 Å². The van der Waals surface area contributed by atoms with Crippen LogP contribution in [-0.2, 0) is 5.41 Å². The van der Waals surface area contributed by atoms with Gasteiger partial charge in [0.05, 0.1) is 0 Å². The summed E-state index contributed by atoms with van der Waals surface area (Å²) in [5, 5.41) is 3.67. The molecule has 1 fully saturated rings. The third-order valence-electron chi connectivity index (χ3n) is 5.16. The lowest BCUT2D eigenvalue weighted by molar-refractivity contribution is 0.0118. The number of rotatable bonds is 6. The molecule has 0 aliphatic heterocycles. The zero-order chi connectivity index (χ0) is 13.9. The van der Waals surface area contributed by atoms with E-state index in [1.54, 1.807) is 0 Å². The van der Waals surface area contributed by atoms with Gasteiger partial charge in [-0.3, -0.25) is 0 Å². The molecule has 0 bridgehead atoms. The lowest BCUT2D eigenvalue weighted by atomic mass is 9.48. The summed E-state index contributed by atoms with van der Waals surface area (Å²) < 4.78 is 0. The number of benzene rings is 1. The van der Waals surface area contributed by atoms with Crippen LogP contribution in [-0.4, -0.2) is 12.6 Å². The fraction of sp³-hybridized carbons (Fsp3) is 0.667. The molecule has 1 heteroatoms. The van der Waals surface area contributed by atoms with Gasteiger partial charge in [-0.2, -0.15) is 0 Å². The van der Waals surface area contributed by atoms with Crippen LogP contribution in [0.25, 0.3) is 0 Å². The Kier molecular flexibility index (Phi) is 4.35. The van der Waals surface area contributed by atoms with Crippen molar-refractivity contribution in [1.29, 1.82) is 0 Å². The van der Waals surface area contributed by atoms with Crippen molar-refractivity contribution in [3.63, 3.8) is 0 Å². The highest BCUT2D eigenvalue weighted by Gasteiger charge is 2.52. The van der Waals surface area contributed by atoms with Gasteiger partial charge in [-0.15, -0.1) is 0 Å². The Hall–Kier alpha value is -0.820. The van der Waals surface area contributed by atoms with Gasteiger partial charge < -0.3 is 5.32 Å². The van der Waals surface area contributed by atoms with Crippen LogP contribution in [0.1, 0.15) is 58.9 Å². The molecule has 0 amide bonds. The lowest BCUT2D eigenvalue weighted by Crippen LogP contribution is -2.55. The first-order valence-corrected chi connectivity index (χ1v) is 7.85. The Balaban J connectivity index is 2.18. The smallest absolute Gasteiger partial charge is 0.00884 e. The Morgan fingerprint density at radius 1 is 1.05 bits per heavy atom. The molecule has 0 saturated heterocycles. The Labute approximate surface area is 118 Å². The van der Waals surface area contributed by atoms with Crippen molar-refractivity contribution in [2.24, 2.45) is 5.41 Å². The Morgan fingerprint density at radius 2 is 1.63 bits per heavy atom. The molecule has 0 spiro atoms. The van der Waals surface area contributed by atoms with E-state index in [2.05, 4.69) is 63.3 Å². The molecule has 0 aromatic heterocycles. The van der Waals surface area contributed by atoms with Crippen molar-refractivity contribution in [1.82, 2.24) is 5.32 Å². The third-order valence-corrected chi connectivity index (χ3v) is 5.16. The molecule has 2 rings (SSSR count). The largest absolute Gasteiger partial charge is 0.314 e. The van der Waals surface area contributed by atoms with E-state index in [1.807, 2.05) is 0 Å². The second-order valence-corrected chi connectivity index (χ2v) is 6.74. The van der Waals surface area contributed by atoms with Crippen molar-refractivity contribution in [2.75, 3.05) is 6.54 Å². The van der Waals surface area contributed by atoms with Gasteiger partial charge in [0, 0.05) is 18.0 Å². The van der Waals surface area contributed by atoms with Gasteiger partial charge in [0.25, 0.3) is 0 Å². The first-order valence-electron chi connectivity index (χ1n) is 7.85. The molecule has 1 aromatic carbocycles. The molecular formula is C18H29N. The summed E-state index contributed by atoms with van der Waals surface area (Å²) in [5.74, 6) is 0. The summed E-state index contributed by atoms with van der Waals surface area (Å²) in [5.41, 5.74) is 2.49. The molecule has 0 radical (unpaired) electrons. The molecule has 0 atom stereocenters. The second-order valence-electron chi connectivity index (χ2n) is 6.74. The zero-order valence-electron chi connectivity index (χ0n) is 13.0. The summed E-state index contributed by atoms with van der Waals surface area (Å²) in [6.45, 7) is 10.3. The molecule has 1 aromatic rings. The van der Waals surface area contributed by atoms with E-state index in [0.29, 0.717) is 16.9 Å². The van der Waals surface area contributed by atoms with Gasteiger partial charge in [0.2, 0.25) is 0 Å². The maximum atomic E-state index is 3.67. The molecular weight excluding hydrogens is 230 g/mol. The van der Waals surface area contributed by atoms with Gasteiger partial charge in [-0.1, -0.05) is 70.9 Å². The predicted molar refractivity (Wildman–Crippen MR) is 83.5 cm³/mol. The van der Waals surface area contributed by atoms with E-state index >= 15 is 0 Å². The second kappa shape index (κ2) is 5.66. The van der Waals surface area contributed by atoms with Gasteiger partial charge in [-0.05, 0) is 23.8 Å². The monoisotopic (exact) mass is 259 g/mol. The normalized spacial score (nSPS) is 20.3. The lowest BCUT2D eigenvalue weighted by Gasteiger charge is -2.57. The molecule has 1 saturated carbocycles. The molecule has 1 aliphatic rings. The van der Waals surface area contributed by atoms with Gasteiger partial charge in [-0.25, -0.2) is 0 Å². The fourth-order valence-electron chi connectivity index (χ4n) is 3.76. The van der Waals surface area contributed by atoms with Crippen LogP contribution in [0.15, 0.2) is 30.3 Å². The summed E-state index contributed by atoms with van der Waals surface area (Å²) in [6.07, 6.45) is 5.33. The average Bonchev–Trinajstić information content (AvgIpc) is 2.39. The van der Waals surface area contributed by atoms with Crippen molar-refractivity contribution in [3.05, 3.63) is 35.9 Å². The van der Waals surface area contributed by atoms with Crippen LogP contribution < -0.4 is 5.32 Å². The van der Waals surface area contributed by atoms with Crippen LogP contribution in [0.2, 0.25) is 0 Å². The molecule has 1 nitrogen and oxygen atoms in total. The highest BCUT2D eigenvalue weighted by molar-refractivity contribution is 5.31. The number of nitrogens with one attached hydrogen (secondary N) is 1. The molecule has 0 heterocycles. The van der Waals surface area contributed by atoms with Crippen LogP contribution >= 0.6 is 0 Å². The highest BCUT2D eigenvalue weighted by Crippen LogP contribution is 2.58. The summed E-state index contributed by atoms with van der Waals surface area (Å²) in [6, 6.07) is 11.7. The topological polar surface area (TPSA) is 12.0 Å². The molecule has 0 unspecified atom stereocenters. The minimum absolute atomic E-state index is 0.373. The fourth-order valence-corrected chi connectivity index (χ4v) is 3.76. The van der Waals surface area contributed by atoms with Crippen LogP contribution in [0.4, 0.5) is 0 Å². The van der Waals surface area contributed by atoms with E-state index in [-0.39, 0.29) is 0 Å². The zero-order valence-corrected chi connectivity index (χ0v) is 13.0. The van der Waals surface area contributed by atoms with E-state index in [1.165, 1.54) is 31.2 Å². The summed E-state index contributed by atoms with van der Waals surface area (Å²) in [7, 11) is 0. The maximum Gasteiger partial charge on any atom is 0.00884 e. The van der Waals surface area contributed by atoms with E-state index < -0.39 is 0 Å². The SMILES string of the molecule is CCC1(CC)CC(CNC(C)C)(c2ccccc2)C1. The van der Waals surface area contributed by atoms with E-state index in [9.17, 15) is 0 Å². The van der Waals surface area contributed by atoms with Crippen molar-refractivity contribution in [2.45, 2.75) is 64.8 Å². The predicted octanol–water partition coefficient (Wildman–Crippen LogP) is 4.52. The number of hydrogen-bond acceptors (Lipinski definition) is 1.